The lowest BCUT2D eigenvalue weighted by Crippen LogP contribution is -2.10. The van der Waals surface area contributed by atoms with Gasteiger partial charge in [-0.1, -0.05) is 62.6 Å². The van der Waals surface area contributed by atoms with Gasteiger partial charge in [-0.3, -0.25) is 0 Å². The first-order chi connectivity index (χ1) is 8.74. The molecule has 2 aromatic carbocycles. The molecule has 1 heteroatoms. The summed E-state index contributed by atoms with van der Waals surface area (Å²) in [4.78, 5) is 0. The number of benzene rings is 2. The molecule has 2 rings (SSSR count). The van der Waals surface area contributed by atoms with Crippen molar-refractivity contribution in [2.75, 3.05) is 0 Å². The van der Waals surface area contributed by atoms with Crippen LogP contribution in [-0.2, 0) is 0 Å². The van der Waals surface area contributed by atoms with E-state index in [0.29, 0.717) is 0 Å². The van der Waals surface area contributed by atoms with Crippen molar-refractivity contribution in [1.29, 1.82) is 0 Å². The van der Waals surface area contributed by atoms with Crippen LogP contribution in [0.25, 0.3) is 10.8 Å². The van der Waals surface area contributed by atoms with E-state index >= 15 is 0 Å². The van der Waals surface area contributed by atoms with Gasteiger partial charge in [-0.15, -0.1) is 0 Å². The predicted octanol–water partition coefficient (Wildman–Crippen LogP) is 4.73. The van der Waals surface area contributed by atoms with E-state index < -0.39 is 0 Å². The van der Waals surface area contributed by atoms with Crippen molar-refractivity contribution in [3.8, 4) is 0 Å². The maximum Gasteiger partial charge on any atom is 0.0301 e. The van der Waals surface area contributed by atoms with Crippen LogP contribution >= 0.6 is 0 Å². The average Bonchev–Trinajstić information content (AvgIpc) is 2.39. The highest BCUT2D eigenvalue weighted by Gasteiger charge is 2.10. The molecule has 0 aliphatic rings. The van der Waals surface area contributed by atoms with Crippen LogP contribution in [0.15, 0.2) is 36.4 Å². The molecular weight excluding hydrogens is 218 g/mol. The van der Waals surface area contributed by atoms with E-state index in [1.807, 2.05) is 0 Å². The Morgan fingerprint density at radius 2 is 1.72 bits per heavy atom. The monoisotopic (exact) mass is 241 g/mol. The highest BCUT2D eigenvalue weighted by Crippen LogP contribution is 2.28. The maximum atomic E-state index is 6.35. The molecule has 0 saturated carbocycles. The normalized spacial score (nSPS) is 12.8. The van der Waals surface area contributed by atoms with Crippen LogP contribution in [0.2, 0.25) is 0 Å². The second kappa shape index (κ2) is 6.01. The lowest BCUT2D eigenvalue weighted by atomic mass is 9.93. The molecule has 96 valence electrons. The number of fused-ring (bicyclic) bond motifs is 1. The fourth-order valence-corrected chi connectivity index (χ4v) is 2.57. The summed E-state index contributed by atoms with van der Waals surface area (Å²) in [7, 11) is 0. The smallest absolute Gasteiger partial charge is 0.0301 e. The topological polar surface area (TPSA) is 26.0 Å². The maximum absolute atomic E-state index is 6.35. The van der Waals surface area contributed by atoms with Crippen LogP contribution in [0.5, 0.6) is 0 Å². The zero-order valence-electron chi connectivity index (χ0n) is 11.4. The fourth-order valence-electron chi connectivity index (χ4n) is 2.57. The highest BCUT2D eigenvalue weighted by atomic mass is 14.6. The Hall–Kier alpha value is -1.34. The van der Waals surface area contributed by atoms with E-state index in [1.165, 1.54) is 41.2 Å². The third kappa shape index (κ3) is 2.73. The summed E-state index contributed by atoms with van der Waals surface area (Å²) in [6, 6.07) is 13.1. The summed E-state index contributed by atoms with van der Waals surface area (Å²) in [5, 5.41) is 2.66. The fraction of sp³-hybridized carbons (Fsp3) is 0.412. The Labute approximate surface area is 110 Å². The van der Waals surface area contributed by atoms with Gasteiger partial charge in [-0.2, -0.15) is 0 Å². The third-order valence-electron chi connectivity index (χ3n) is 3.69. The second-order valence-electron chi connectivity index (χ2n) is 5.12. The molecule has 2 aromatic rings. The summed E-state index contributed by atoms with van der Waals surface area (Å²) < 4.78 is 0. The second-order valence-corrected chi connectivity index (χ2v) is 5.12. The first-order valence-corrected chi connectivity index (χ1v) is 6.98. The zero-order chi connectivity index (χ0) is 13.0. The molecular formula is C17H23N. The molecule has 0 heterocycles. The van der Waals surface area contributed by atoms with E-state index in [1.54, 1.807) is 0 Å². The molecule has 0 aliphatic heterocycles. The lowest BCUT2D eigenvalue weighted by Gasteiger charge is -2.15. The van der Waals surface area contributed by atoms with Crippen LogP contribution in [0, 0.1) is 6.92 Å². The van der Waals surface area contributed by atoms with Crippen LogP contribution < -0.4 is 5.73 Å². The number of aryl methyl sites for hydroxylation is 1. The Morgan fingerprint density at radius 3 is 2.44 bits per heavy atom. The molecule has 0 aliphatic carbocycles. The van der Waals surface area contributed by atoms with Gasteiger partial charge in [0, 0.05) is 6.04 Å². The predicted molar refractivity (Wildman–Crippen MR) is 79.8 cm³/mol. The Balaban J connectivity index is 2.30. The van der Waals surface area contributed by atoms with E-state index in [2.05, 4.69) is 50.2 Å². The Morgan fingerprint density at radius 1 is 1.00 bits per heavy atom. The minimum atomic E-state index is 0.169. The van der Waals surface area contributed by atoms with Crippen molar-refractivity contribution in [2.45, 2.75) is 45.6 Å². The van der Waals surface area contributed by atoms with E-state index in [9.17, 15) is 0 Å². The Kier molecular flexibility index (Phi) is 4.38. The minimum Gasteiger partial charge on any atom is -0.324 e. The molecule has 0 saturated heterocycles. The van der Waals surface area contributed by atoms with Gasteiger partial charge >= 0.3 is 0 Å². The van der Waals surface area contributed by atoms with Gasteiger partial charge in [0.05, 0.1) is 0 Å². The molecule has 0 fully saturated rings. The van der Waals surface area contributed by atoms with Crippen molar-refractivity contribution in [1.82, 2.24) is 0 Å². The molecule has 1 nitrogen and oxygen atoms in total. The number of hydrogen-bond donors (Lipinski definition) is 1. The SMILES string of the molecule is CCCCCC(N)c1ccc(C)c2ccccc12. The zero-order valence-corrected chi connectivity index (χ0v) is 11.4. The summed E-state index contributed by atoms with van der Waals surface area (Å²) in [6.45, 7) is 4.39. The van der Waals surface area contributed by atoms with Gasteiger partial charge in [0.2, 0.25) is 0 Å². The van der Waals surface area contributed by atoms with Gasteiger partial charge in [0.1, 0.15) is 0 Å². The van der Waals surface area contributed by atoms with Gasteiger partial charge < -0.3 is 5.73 Å². The average molecular weight is 241 g/mol. The van der Waals surface area contributed by atoms with Crippen LogP contribution in [0.3, 0.4) is 0 Å². The molecule has 0 spiro atoms. The first-order valence-electron chi connectivity index (χ1n) is 6.98. The number of rotatable bonds is 5. The molecule has 0 amide bonds. The summed E-state index contributed by atoms with van der Waals surface area (Å²) in [5.41, 5.74) is 8.98. The standard InChI is InChI=1S/C17H23N/c1-3-4-5-10-17(18)16-12-11-13(2)14-8-6-7-9-15(14)16/h6-9,11-12,17H,3-5,10,18H2,1-2H3. The van der Waals surface area contributed by atoms with E-state index in [-0.39, 0.29) is 6.04 Å². The van der Waals surface area contributed by atoms with Gasteiger partial charge in [-0.05, 0) is 35.2 Å². The van der Waals surface area contributed by atoms with Gasteiger partial charge in [0.15, 0.2) is 0 Å². The molecule has 0 bridgehead atoms. The van der Waals surface area contributed by atoms with Gasteiger partial charge in [-0.25, -0.2) is 0 Å². The van der Waals surface area contributed by atoms with Crippen molar-refractivity contribution in [2.24, 2.45) is 5.73 Å². The molecule has 0 radical (unpaired) electrons. The van der Waals surface area contributed by atoms with Crippen molar-refractivity contribution >= 4 is 10.8 Å². The number of nitrogens with two attached hydrogens (primary N) is 1. The van der Waals surface area contributed by atoms with Crippen molar-refractivity contribution in [3.05, 3.63) is 47.5 Å². The highest BCUT2D eigenvalue weighted by molar-refractivity contribution is 5.88. The molecule has 1 atom stereocenters. The molecule has 0 aromatic heterocycles. The summed E-state index contributed by atoms with van der Waals surface area (Å²) >= 11 is 0. The third-order valence-corrected chi connectivity index (χ3v) is 3.69. The number of unbranched alkanes of at least 4 members (excludes halogenated alkanes) is 2. The Bertz CT molecular complexity index is 516. The summed E-state index contributed by atoms with van der Waals surface area (Å²) in [5.74, 6) is 0. The molecule has 1 unspecified atom stereocenters. The quantitative estimate of drug-likeness (QED) is 0.752. The molecule has 18 heavy (non-hydrogen) atoms. The van der Waals surface area contributed by atoms with Crippen LogP contribution in [-0.4, -0.2) is 0 Å². The van der Waals surface area contributed by atoms with Crippen LogP contribution in [0.4, 0.5) is 0 Å². The van der Waals surface area contributed by atoms with E-state index in [0.717, 1.165) is 6.42 Å². The largest absolute Gasteiger partial charge is 0.324 e. The van der Waals surface area contributed by atoms with Gasteiger partial charge in [0.25, 0.3) is 0 Å². The van der Waals surface area contributed by atoms with Crippen molar-refractivity contribution in [3.63, 3.8) is 0 Å². The van der Waals surface area contributed by atoms with E-state index in [4.69, 9.17) is 5.73 Å². The van der Waals surface area contributed by atoms with Crippen LogP contribution in [0.1, 0.15) is 49.8 Å². The minimum absolute atomic E-state index is 0.169. The number of hydrogen-bond acceptors (Lipinski definition) is 1. The summed E-state index contributed by atoms with van der Waals surface area (Å²) in [6.07, 6.45) is 4.83. The lowest BCUT2D eigenvalue weighted by molar-refractivity contribution is 0.584. The van der Waals surface area contributed by atoms with Crippen molar-refractivity contribution < 1.29 is 0 Å². The molecule has 2 N–H and O–H groups in total. The first kappa shape index (κ1) is 13.1.